The SMILES string of the molecule is CC(O)CO.CCCCCCCC(=O)O.CCCCCCCCCCCC(=O)OCC(C)OC(=O)CCCCCCCCCCC. The minimum absolute atomic E-state index is 0.139. The predicted molar refractivity (Wildman–Crippen MR) is 190 cm³/mol. The number of carbonyl (C=O) groups is 3. The maximum Gasteiger partial charge on any atom is 0.306 e. The molecule has 0 amide bonds. The van der Waals surface area contributed by atoms with Crippen LogP contribution < -0.4 is 0 Å². The fraction of sp³-hybridized carbons (Fsp3) is 0.921. The Bertz CT molecular complexity index is 638. The molecule has 8 heteroatoms. The van der Waals surface area contributed by atoms with Gasteiger partial charge < -0.3 is 24.8 Å². The third kappa shape index (κ3) is 49.2. The summed E-state index contributed by atoms with van der Waals surface area (Å²) in [5, 5.41) is 24.3. The Balaban J connectivity index is -0.00000101. The Morgan fingerprint density at radius 1 is 0.522 bits per heavy atom. The van der Waals surface area contributed by atoms with Crippen LogP contribution >= 0.6 is 0 Å². The summed E-state index contributed by atoms with van der Waals surface area (Å²) in [4.78, 5) is 33.8. The van der Waals surface area contributed by atoms with Gasteiger partial charge in [-0.1, -0.05) is 149 Å². The van der Waals surface area contributed by atoms with Crippen molar-refractivity contribution in [1.29, 1.82) is 0 Å². The number of hydrogen-bond donors (Lipinski definition) is 3. The summed E-state index contributed by atoms with van der Waals surface area (Å²) in [6, 6.07) is 0. The van der Waals surface area contributed by atoms with Crippen molar-refractivity contribution in [2.75, 3.05) is 13.2 Å². The van der Waals surface area contributed by atoms with Crippen LogP contribution in [0.2, 0.25) is 0 Å². The van der Waals surface area contributed by atoms with E-state index in [1.165, 1.54) is 116 Å². The van der Waals surface area contributed by atoms with Crippen LogP contribution in [0.3, 0.4) is 0 Å². The molecule has 0 aliphatic heterocycles. The van der Waals surface area contributed by atoms with E-state index in [2.05, 4.69) is 20.8 Å². The molecule has 0 saturated carbocycles. The minimum atomic E-state index is -0.670. The number of carboxylic acids is 1. The number of hydrogen-bond acceptors (Lipinski definition) is 7. The molecule has 0 aliphatic carbocycles. The molecule has 2 atom stereocenters. The number of carboxylic acid groups (broad SMARTS) is 1. The van der Waals surface area contributed by atoms with Gasteiger partial charge in [0.1, 0.15) is 12.7 Å². The lowest BCUT2D eigenvalue weighted by Crippen LogP contribution is -2.22. The molecule has 0 aromatic carbocycles. The molecule has 0 aromatic rings. The van der Waals surface area contributed by atoms with Crippen LogP contribution in [0.4, 0.5) is 0 Å². The van der Waals surface area contributed by atoms with E-state index < -0.39 is 12.1 Å². The van der Waals surface area contributed by atoms with Crippen molar-refractivity contribution >= 4 is 17.9 Å². The van der Waals surface area contributed by atoms with Crippen molar-refractivity contribution in [3.05, 3.63) is 0 Å². The molecule has 0 fully saturated rings. The van der Waals surface area contributed by atoms with E-state index in [0.717, 1.165) is 38.5 Å². The first-order chi connectivity index (χ1) is 22.1. The monoisotopic (exact) mass is 661 g/mol. The predicted octanol–water partition coefficient (Wildman–Crippen LogP) is 10.1. The molecule has 0 aliphatic rings. The highest BCUT2D eigenvalue weighted by Gasteiger charge is 2.12. The highest BCUT2D eigenvalue weighted by atomic mass is 16.6. The number of aliphatic hydroxyl groups is 2. The first-order valence-corrected chi connectivity index (χ1v) is 19.0. The summed E-state index contributed by atoms with van der Waals surface area (Å²) in [6.45, 7) is 9.97. The molecule has 0 bridgehead atoms. The lowest BCUT2D eigenvalue weighted by molar-refractivity contribution is -0.158. The summed E-state index contributed by atoms with van der Waals surface area (Å²) in [7, 11) is 0. The first-order valence-electron chi connectivity index (χ1n) is 19.0. The van der Waals surface area contributed by atoms with Gasteiger partial charge in [-0.15, -0.1) is 0 Å². The number of unbranched alkanes of at least 4 members (excludes halogenated alkanes) is 20. The van der Waals surface area contributed by atoms with Gasteiger partial charge >= 0.3 is 17.9 Å². The minimum Gasteiger partial charge on any atom is -0.481 e. The fourth-order valence-electron chi connectivity index (χ4n) is 4.64. The van der Waals surface area contributed by atoms with Gasteiger partial charge in [-0.3, -0.25) is 14.4 Å². The zero-order valence-corrected chi connectivity index (χ0v) is 30.8. The number of carbonyl (C=O) groups excluding carboxylic acids is 2. The summed E-state index contributed by atoms with van der Waals surface area (Å²) in [5.74, 6) is -1.02. The van der Waals surface area contributed by atoms with Gasteiger partial charge in [0.05, 0.1) is 12.7 Å². The Morgan fingerprint density at radius 2 is 0.826 bits per heavy atom. The summed E-state index contributed by atoms with van der Waals surface area (Å²) in [6.07, 6.45) is 28.1. The second-order valence-electron chi connectivity index (χ2n) is 12.7. The van der Waals surface area contributed by atoms with Crippen molar-refractivity contribution in [3.8, 4) is 0 Å². The standard InChI is InChI=1S/C27H52O4.C8H16O2.C3H8O2/c1-4-6-8-10-12-14-16-18-20-22-26(28)30-24-25(3)31-27(29)23-21-19-17-15-13-11-9-7-5-2;1-2-3-4-5-6-7-8(9)10;1-3(5)2-4/h25H,4-24H2,1-3H3;2-7H2,1H3,(H,9,10);3-5H,2H2,1H3. The van der Waals surface area contributed by atoms with Gasteiger partial charge in [0, 0.05) is 19.3 Å². The quantitative estimate of drug-likeness (QED) is 0.0512. The highest BCUT2D eigenvalue weighted by molar-refractivity contribution is 5.70. The first kappa shape index (κ1) is 48.7. The molecule has 8 nitrogen and oxygen atoms in total. The largest absolute Gasteiger partial charge is 0.481 e. The molecule has 2 unspecified atom stereocenters. The van der Waals surface area contributed by atoms with E-state index in [9.17, 15) is 14.4 Å². The Labute approximate surface area is 283 Å². The zero-order valence-electron chi connectivity index (χ0n) is 30.8. The van der Waals surface area contributed by atoms with Gasteiger partial charge in [0.2, 0.25) is 0 Å². The third-order valence-corrected chi connectivity index (χ3v) is 7.54. The lowest BCUT2D eigenvalue weighted by atomic mass is 10.1. The van der Waals surface area contributed by atoms with E-state index in [0.29, 0.717) is 19.3 Å². The molecular weight excluding hydrogens is 584 g/mol. The molecule has 0 spiro atoms. The fourth-order valence-corrected chi connectivity index (χ4v) is 4.64. The van der Waals surface area contributed by atoms with E-state index in [1.807, 2.05) is 0 Å². The molecule has 3 N–H and O–H groups in total. The number of aliphatic hydroxyl groups excluding tert-OH is 2. The van der Waals surface area contributed by atoms with Gasteiger partial charge in [0.25, 0.3) is 0 Å². The van der Waals surface area contributed by atoms with Crippen LogP contribution in [-0.4, -0.2) is 58.6 Å². The molecule has 0 radical (unpaired) electrons. The van der Waals surface area contributed by atoms with Gasteiger partial charge in [-0.05, 0) is 33.1 Å². The Kier molecular flexibility index (Phi) is 43.8. The summed E-state index contributed by atoms with van der Waals surface area (Å²) in [5.41, 5.74) is 0. The second-order valence-corrected chi connectivity index (χ2v) is 12.7. The van der Waals surface area contributed by atoms with E-state index >= 15 is 0 Å². The third-order valence-electron chi connectivity index (χ3n) is 7.54. The van der Waals surface area contributed by atoms with Crippen LogP contribution in [-0.2, 0) is 23.9 Å². The topological polar surface area (TPSA) is 130 Å². The number of ether oxygens (including phenoxy) is 2. The van der Waals surface area contributed by atoms with Crippen LogP contribution in [0.1, 0.15) is 202 Å². The van der Waals surface area contributed by atoms with Crippen molar-refractivity contribution in [2.45, 2.75) is 214 Å². The Hall–Kier alpha value is -1.67. The average Bonchev–Trinajstić information content (AvgIpc) is 3.02. The zero-order chi connectivity index (χ0) is 35.1. The number of rotatable bonds is 30. The second kappa shape index (κ2) is 41.4. The summed E-state index contributed by atoms with van der Waals surface area (Å²) < 4.78 is 10.6. The normalized spacial score (nSPS) is 11.8. The molecule has 0 saturated heterocycles. The molecule has 0 heterocycles. The van der Waals surface area contributed by atoms with E-state index in [4.69, 9.17) is 24.8 Å². The number of aliphatic carboxylic acids is 1. The van der Waals surface area contributed by atoms with Crippen LogP contribution in [0.5, 0.6) is 0 Å². The smallest absolute Gasteiger partial charge is 0.306 e. The van der Waals surface area contributed by atoms with Crippen LogP contribution in [0, 0.1) is 0 Å². The van der Waals surface area contributed by atoms with Gasteiger partial charge in [0.15, 0.2) is 0 Å². The molecule has 46 heavy (non-hydrogen) atoms. The van der Waals surface area contributed by atoms with Gasteiger partial charge in [-0.2, -0.15) is 0 Å². The molecule has 0 rings (SSSR count). The van der Waals surface area contributed by atoms with Crippen molar-refractivity contribution in [1.82, 2.24) is 0 Å². The number of esters is 2. The summed E-state index contributed by atoms with van der Waals surface area (Å²) >= 11 is 0. The molecular formula is C38H76O8. The van der Waals surface area contributed by atoms with Crippen molar-refractivity contribution in [3.63, 3.8) is 0 Å². The van der Waals surface area contributed by atoms with Crippen LogP contribution in [0.25, 0.3) is 0 Å². The Morgan fingerprint density at radius 3 is 1.15 bits per heavy atom. The van der Waals surface area contributed by atoms with Crippen molar-refractivity contribution < 1.29 is 39.2 Å². The highest BCUT2D eigenvalue weighted by Crippen LogP contribution is 2.12. The lowest BCUT2D eigenvalue weighted by Gasteiger charge is -2.13. The van der Waals surface area contributed by atoms with E-state index in [1.54, 1.807) is 6.92 Å². The molecule has 0 aromatic heterocycles. The molecule has 276 valence electrons. The van der Waals surface area contributed by atoms with Crippen LogP contribution in [0.15, 0.2) is 0 Å². The maximum atomic E-state index is 11.9. The van der Waals surface area contributed by atoms with Crippen molar-refractivity contribution in [2.24, 2.45) is 0 Å². The van der Waals surface area contributed by atoms with E-state index in [-0.39, 0.29) is 31.3 Å². The van der Waals surface area contributed by atoms with Gasteiger partial charge in [-0.25, -0.2) is 0 Å². The average molecular weight is 661 g/mol. The maximum absolute atomic E-state index is 11.9.